The zero-order chi connectivity index (χ0) is 16.1. The third-order valence-electron chi connectivity index (χ3n) is 5.90. The second-order valence-electron chi connectivity index (χ2n) is 7.31. The first kappa shape index (κ1) is 14.7. The van der Waals surface area contributed by atoms with E-state index in [4.69, 9.17) is 5.73 Å². The highest BCUT2D eigenvalue weighted by Gasteiger charge is 2.49. The molecule has 2 bridgehead atoms. The lowest BCUT2D eigenvalue weighted by molar-refractivity contribution is -0.127. The van der Waals surface area contributed by atoms with Crippen molar-refractivity contribution in [3.05, 3.63) is 29.3 Å². The number of carbonyl (C=O) groups excluding carboxylic acids is 2. The number of benzene rings is 1. The first-order valence-corrected chi connectivity index (χ1v) is 8.51. The molecule has 1 aromatic rings. The molecule has 4 rings (SSSR count). The van der Waals surface area contributed by atoms with Crippen molar-refractivity contribution in [2.75, 3.05) is 5.32 Å². The molecule has 2 aliphatic carbocycles. The molecule has 2 amide bonds. The van der Waals surface area contributed by atoms with E-state index in [9.17, 15) is 9.59 Å². The van der Waals surface area contributed by atoms with E-state index in [2.05, 4.69) is 10.6 Å². The average molecular weight is 313 g/mol. The lowest BCUT2D eigenvalue weighted by Gasteiger charge is -2.28. The van der Waals surface area contributed by atoms with Crippen molar-refractivity contribution in [3.8, 4) is 0 Å². The molecule has 3 aliphatic rings. The molecule has 1 heterocycles. The molecule has 0 saturated heterocycles. The quantitative estimate of drug-likeness (QED) is 0.794. The van der Waals surface area contributed by atoms with Crippen LogP contribution in [0.15, 0.2) is 18.2 Å². The van der Waals surface area contributed by atoms with Crippen molar-refractivity contribution >= 4 is 17.5 Å². The van der Waals surface area contributed by atoms with E-state index in [0.29, 0.717) is 18.3 Å². The molecule has 1 aromatic carbocycles. The van der Waals surface area contributed by atoms with Crippen LogP contribution in [0.5, 0.6) is 0 Å². The topological polar surface area (TPSA) is 84.2 Å². The van der Waals surface area contributed by atoms with Crippen LogP contribution < -0.4 is 16.4 Å². The summed E-state index contributed by atoms with van der Waals surface area (Å²) in [5.74, 6) is 1.08. The van der Waals surface area contributed by atoms with Gasteiger partial charge in [0, 0.05) is 11.7 Å². The van der Waals surface area contributed by atoms with E-state index in [0.717, 1.165) is 29.7 Å². The van der Waals surface area contributed by atoms with Crippen LogP contribution in [0.4, 0.5) is 5.69 Å². The molecule has 23 heavy (non-hydrogen) atoms. The lowest BCUT2D eigenvalue weighted by atomic mass is 9.84. The Morgan fingerprint density at radius 1 is 1.35 bits per heavy atom. The fraction of sp³-hybridized carbons (Fsp3) is 0.556. The summed E-state index contributed by atoms with van der Waals surface area (Å²) in [6.07, 6.45) is 3.84. The molecule has 0 radical (unpaired) electrons. The number of nitrogens with one attached hydrogen (secondary N) is 2. The van der Waals surface area contributed by atoms with Crippen LogP contribution in [0.2, 0.25) is 0 Å². The number of hydrogen-bond donors (Lipinski definition) is 3. The highest BCUT2D eigenvalue weighted by Crippen LogP contribution is 2.47. The molecule has 2 fully saturated rings. The van der Waals surface area contributed by atoms with Crippen molar-refractivity contribution in [3.63, 3.8) is 0 Å². The fourth-order valence-electron chi connectivity index (χ4n) is 4.64. The monoisotopic (exact) mass is 313 g/mol. The van der Waals surface area contributed by atoms with Gasteiger partial charge in [-0.2, -0.15) is 0 Å². The average Bonchev–Trinajstić information content (AvgIpc) is 3.18. The molecule has 5 nitrogen and oxygen atoms in total. The number of fused-ring (bicyclic) bond motifs is 3. The van der Waals surface area contributed by atoms with Crippen LogP contribution >= 0.6 is 0 Å². The van der Waals surface area contributed by atoms with Gasteiger partial charge < -0.3 is 16.4 Å². The van der Waals surface area contributed by atoms with E-state index in [1.54, 1.807) is 0 Å². The Morgan fingerprint density at radius 2 is 2.13 bits per heavy atom. The minimum atomic E-state index is -0.0742. The fourth-order valence-corrected chi connectivity index (χ4v) is 4.64. The van der Waals surface area contributed by atoms with Gasteiger partial charge in [0.15, 0.2) is 0 Å². The Bertz CT molecular complexity index is 670. The smallest absolute Gasteiger partial charge is 0.228 e. The number of amides is 2. The van der Waals surface area contributed by atoms with Gasteiger partial charge in [-0.1, -0.05) is 12.1 Å². The minimum Gasteiger partial charge on any atom is -0.349 e. The molecule has 1 aliphatic heterocycles. The van der Waals surface area contributed by atoms with Gasteiger partial charge in [0.25, 0.3) is 0 Å². The largest absolute Gasteiger partial charge is 0.349 e. The SMILES string of the molecule is CC(NC(=O)C1C2CCC(C2)C1N)c1ccc2c(c1)CC(=O)N2. The summed E-state index contributed by atoms with van der Waals surface area (Å²) < 4.78 is 0. The summed E-state index contributed by atoms with van der Waals surface area (Å²) in [4.78, 5) is 24.1. The highest BCUT2D eigenvalue weighted by molar-refractivity contribution is 5.99. The summed E-state index contributed by atoms with van der Waals surface area (Å²) in [6.45, 7) is 1.99. The predicted molar refractivity (Wildman–Crippen MR) is 87.6 cm³/mol. The van der Waals surface area contributed by atoms with Crippen LogP contribution in [0.25, 0.3) is 0 Å². The molecular weight excluding hydrogens is 290 g/mol. The van der Waals surface area contributed by atoms with Crippen LogP contribution in [-0.4, -0.2) is 17.9 Å². The Hall–Kier alpha value is -1.88. The van der Waals surface area contributed by atoms with E-state index < -0.39 is 0 Å². The summed E-state index contributed by atoms with van der Waals surface area (Å²) in [7, 11) is 0. The molecule has 0 aromatic heterocycles. The molecule has 5 atom stereocenters. The van der Waals surface area contributed by atoms with Gasteiger partial charge in [0.2, 0.25) is 11.8 Å². The van der Waals surface area contributed by atoms with Crippen LogP contribution in [-0.2, 0) is 16.0 Å². The van der Waals surface area contributed by atoms with E-state index in [-0.39, 0.29) is 29.8 Å². The van der Waals surface area contributed by atoms with E-state index in [1.165, 1.54) is 6.42 Å². The molecular formula is C18H23N3O2. The van der Waals surface area contributed by atoms with Crippen molar-refractivity contribution < 1.29 is 9.59 Å². The van der Waals surface area contributed by atoms with Crippen LogP contribution in [0.3, 0.4) is 0 Å². The normalized spacial score (nSPS) is 32.5. The highest BCUT2D eigenvalue weighted by atomic mass is 16.2. The molecule has 0 spiro atoms. The Morgan fingerprint density at radius 3 is 2.87 bits per heavy atom. The Kier molecular flexibility index (Phi) is 3.41. The maximum absolute atomic E-state index is 12.7. The van der Waals surface area contributed by atoms with E-state index >= 15 is 0 Å². The van der Waals surface area contributed by atoms with Crippen molar-refractivity contribution in [1.29, 1.82) is 0 Å². The lowest BCUT2D eigenvalue weighted by Crippen LogP contribution is -2.45. The summed E-state index contributed by atoms with van der Waals surface area (Å²) in [5, 5.41) is 5.96. The van der Waals surface area contributed by atoms with Crippen molar-refractivity contribution in [2.24, 2.45) is 23.5 Å². The Labute approximate surface area is 136 Å². The third-order valence-corrected chi connectivity index (χ3v) is 5.90. The van der Waals surface area contributed by atoms with Gasteiger partial charge in [-0.3, -0.25) is 9.59 Å². The molecule has 5 heteroatoms. The van der Waals surface area contributed by atoms with Crippen LogP contribution in [0.1, 0.15) is 43.4 Å². The molecule has 2 saturated carbocycles. The third kappa shape index (κ3) is 2.43. The molecule has 4 N–H and O–H groups in total. The molecule has 5 unspecified atom stereocenters. The number of nitrogens with two attached hydrogens (primary N) is 1. The van der Waals surface area contributed by atoms with E-state index in [1.807, 2.05) is 25.1 Å². The number of hydrogen-bond acceptors (Lipinski definition) is 3. The Balaban J connectivity index is 1.46. The van der Waals surface area contributed by atoms with Crippen molar-refractivity contribution in [2.45, 2.75) is 44.7 Å². The van der Waals surface area contributed by atoms with Crippen LogP contribution in [0, 0.1) is 17.8 Å². The van der Waals surface area contributed by atoms with Gasteiger partial charge in [0.1, 0.15) is 0 Å². The summed E-state index contributed by atoms with van der Waals surface area (Å²) in [6, 6.07) is 5.84. The first-order chi connectivity index (χ1) is 11.0. The second kappa shape index (κ2) is 5.34. The zero-order valence-corrected chi connectivity index (χ0v) is 13.3. The van der Waals surface area contributed by atoms with Gasteiger partial charge in [-0.05, 0) is 55.2 Å². The zero-order valence-electron chi connectivity index (χ0n) is 13.3. The number of carbonyl (C=O) groups is 2. The number of rotatable bonds is 3. The standard InChI is InChI=1S/C18H23N3O2/c1-9(10-4-5-14-13(6-10)8-15(22)21-14)20-18(23)16-11-2-3-12(7-11)17(16)19/h4-6,9,11-12,16-17H,2-3,7-8,19H2,1H3,(H,20,23)(H,21,22). The van der Waals surface area contributed by atoms with Gasteiger partial charge in [-0.15, -0.1) is 0 Å². The molecule has 122 valence electrons. The predicted octanol–water partition coefficient (Wildman–Crippen LogP) is 1.73. The summed E-state index contributed by atoms with van der Waals surface area (Å²) >= 11 is 0. The first-order valence-electron chi connectivity index (χ1n) is 8.51. The van der Waals surface area contributed by atoms with Gasteiger partial charge >= 0.3 is 0 Å². The van der Waals surface area contributed by atoms with Gasteiger partial charge in [0.05, 0.1) is 18.4 Å². The maximum atomic E-state index is 12.7. The number of anilines is 1. The summed E-state index contributed by atoms with van der Waals surface area (Å²) in [5.41, 5.74) is 9.18. The van der Waals surface area contributed by atoms with Crippen molar-refractivity contribution in [1.82, 2.24) is 5.32 Å². The maximum Gasteiger partial charge on any atom is 0.228 e. The second-order valence-corrected chi connectivity index (χ2v) is 7.31. The van der Waals surface area contributed by atoms with Gasteiger partial charge in [-0.25, -0.2) is 0 Å². The minimum absolute atomic E-state index is 0.0165.